The summed E-state index contributed by atoms with van der Waals surface area (Å²) in [5.41, 5.74) is 0.259. The number of ether oxygens (including phenoxy) is 1. The molecule has 0 bridgehead atoms. The van der Waals surface area contributed by atoms with E-state index < -0.39 is 18.0 Å². The van der Waals surface area contributed by atoms with Gasteiger partial charge in [-0.25, -0.2) is 4.39 Å². The van der Waals surface area contributed by atoms with Crippen molar-refractivity contribution in [2.24, 2.45) is 0 Å². The van der Waals surface area contributed by atoms with Crippen molar-refractivity contribution in [1.82, 2.24) is 4.90 Å². The molecule has 1 amide bonds. The van der Waals surface area contributed by atoms with E-state index in [0.29, 0.717) is 0 Å². The highest BCUT2D eigenvalue weighted by molar-refractivity contribution is 5.94. The van der Waals surface area contributed by atoms with Crippen molar-refractivity contribution in [3.05, 3.63) is 29.6 Å². The minimum atomic E-state index is -0.934. The molecule has 1 aromatic rings. The predicted octanol–water partition coefficient (Wildman–Crippen LogP) is 0.0119. The van der Waals surface area contributed by atoms with Crippen LogP contribution in [0.15, 0.2) is 18.2 Å². The molecule has 1 saturated heterocycles. The van der Waals surface area contributed by atoms with Crippen molar-refractivity contribution in [1.29, 1.82) is 0 Å². The van der Waals surface area contributed by atoms with Crippen molar-refractivity contribution in [2.45, 2.75) is 12.2 Å². The second-order valence-electron chi connectivity index (χ2n) is 4.19. The van der Waals surface area contributed by atoms with Gasteiger partial charge in [-0.2, -0.15) is 0 Å². The van der Waals surface area contributed by atoms with E-state index in [1.54, 1.807) is 0 Å². The van der Waals surface area contributed by atoms with E-state index in [1.807, 2.05) is 0 Å². The number of halogens is 1. The highest BCUT2D eigenvalue weighted by Gasteiger charge is 2.33. The lowest BCUT2D eigenvalue weighted by atomic mass is 10.2. The topological polar surface area (TPSA) is 70.0 Å². The Morgan fingerprint density at radius 2 is 2.00 bits per heavy atom. The molecule has 0 radical (unpaired) electrons. The highest BCUT2D eigenvalue weighted by atomic mass is 19.1. The third kappa shape index (κ3) is 2.30. The van der Waals surface area contributed by atoms with Crippen LogP contribution in [0.3, 0.4) is 0 Å². The molecule has 2 atom stereocenters. The number of rotatable bonds is 2. The standard InChI is InChI=1S/C12H14FNO4/c1-18-11-4-7(2-3-8(11)13)12(17)14-5-9(15)10(16)6-14/h2-4,9-10,15-16H,5-6H2,1H3. The number of hydrogen-bond donors (Lipinski definition) is 2. The largest absolute Gasteiger partial charge is 0.494 e. The summed E-state index contributed by atoms with van der Waals surface area (Å²) in [6.07, 6.45) is -1.87. The van der Waals surface area contributed by atoms with Crippen LogP contribution in [0.2, 0.25) is 0 Å². The smallest absolute Gasteiger partial charge is 0.254 e. The summed E-state index contributed by atoms with van der Waals surface area (Å²) in [5, 5.41) is 18.8. The first-order valence-corrected chi connectivity index (χ1v) is 5.52. The number of carbonyl (C=O) groups excluding carboxylic acids is 1. The van der Waals surface area contributed by atoms with E-state index in [0.717, 1.165) is 6.07 Å². The van der Waals surface area contributed by atoms with Crippen LogP contribution >= 0.6 is 0 Å². The Hall–Kier alpha value is -1.66. The lowest BCUT2D eigenvalue weighted by Crippen LogP contribution is -2.29. The minimum Gasteiger partial charge on any atom is -0.494 e. The average molecular weight is 255 g/mol. The van der Waals surface area contributed by atoms with Crippen LogP contribution in [-0.4, -0.2) is 53.4 Å². The Morgan fingerprint density at radius 3 is 2.56 bits per heavy atom. The number of methoxy groups -OCH3 is 1. The van der Waals surface area contributed by atoms with E-state index in [2.05, 4.69) is 0 Å². The zero-order valence-electron chi connectivity index (χ0n) is 9.84. The van der Waals surface area contributed by atoms with Gasteiger partial charge in [0.25, 0.3) is 5.91 Å². The fourth-order valence-electron chi connectivity index (χ4n) is 1.91. The zero-order chi connectivity index (χ0) is 13.3. The number of β-amino-alcohol motifs (C(OH)–C–C–N with tert-alkyl or cyclic N) is 2. The maximum Gasteiger partial charge on any atom is 0.254 e. The molecule has 0 saturated carbocycles. The van der Waals surface area contributed by atoms with Crippen LogP contribution in [0.5, 0.6) is 5.75 Å². The van der Waals surface area contributed by atoms with Crippen LogP contribution in [0.4, 0.5) is 4.39 Å². The molecule has 5 nitrogen and oxygen atoms in total. The fraction of sp³-hybridized carbons (Fsp3) is 0.417. The number of aliphatic hydroxyl groups excluding tert-OH is 2. The Labute approximate surface area is 103 Å². The molecule has 98 valence electrons. The van der Waals surface area contributed by atoms with Crippen LogP contribution in [0.1, 0.15) is 10.4 Å². The lowest BCUT2D eigenvalue weighted by Gasteiger charge is -2.15. The molecule has 2 N–H and O–H groups in total. The number of likely N-dealkylation sites (tertiary alicyclic amines) is 1. The van der Waals surface area contributed by atoms with Gasteiger partial charge in [0, 0.05) is 18.7 Å². The quantitative estimate of drug-likeness (QED) is 0.781. The predicted molar refractivity (Wildman–Crippen MR) is 60.9 cm³/mol. The maximum absolute atomic E-state index is 13.2. The second-order valence-corrected chi connectivity index (χ2v) is 4.19. The van der Waals surface area contributed by atoms with Crippen molar-refractivity contribution in [3.63, 3.8) is 0 Å². The molecule has 1 aliphatic heterocycles. The molecular formula is C12H14FNO4. The van der Waals surface area contributed by atoms with Gasteiger partial charge in [0.05, 0.1) is 19.3 Å². The van der Waals surface area contributed by atoms with Crippen LogP contribution < -0.4 is 4.74 Å². The van der Waals surface area contributed by atoms with Gasteiger partial charge in [-0.15, -0.1) is 0 Å². The molecule has 0 aliphatic carbocycles. The first-order valence-electron chi connectivity index (χ1n) is 5.52. The van der Waals surface area contributed by atoms with Gasteiger partial charge in [-0.3, -0.25) is 4.79 Å². The van der Waals surface area contributed by atoms with E-state index in [4.69, 9.17) is 4.74 Å². The summed E-state index contributed by atoms with van der Waals surface area (Å²) in [5.74, 6) is -0.930. The molecule has 0 spiro atoms. The van der Waals surface area contributed by atoms with Crippen LogP contribution in [0.25, 0.3) is 0 Å². The summed E-state index contributed by atoms with van der Waals surface area (Å²) < 4.78 is 18.0. The van der Waals surface area contributed by atoms with Gasteiger partial charge in [0.1, 0.15) is 0 Å². The van der Waals surface area contributed by atoms with Crippen molar-refractivity contribution in [3.8, 4) is 5.75 Å². The third-order valence-corrected chi connectivity index (χ3v) is 2.94. The summed E-state index contributed by atoms with van der Waals surface area (Å²) in [6.45, 7) is 0.138. The molecule has 2 rings (SSSR count). The third-order valence-electron chi connectivity index (χ3n) is 2.94. The first kappa shape index (κ1) is 12.8. The van der Waals surface area contributed by atoms with E-state index in [-0.39, 0.29) is 30.3 Å². The Morgan fingerprint density at radius 1 is 1.39 bits per heavy atom. The lowest BCUT2D eigenvalue weighted by molar-refractivity contribution is 0.0572. The molecule has 2 unspecified atom stereocenters. The molecule has 1 heterocycles. The van der Waals surface area contributed by atoms with Gasteiger partial charge in [0.2, 0.25) is 0 Å². The number of aliphatic hydroxyl groups is 2. The van der Waals surface area contributed by atoms with E-state index >= 15 is 0 Å². The van der Waals surface area contributed by atoms with Gasteiger partial charge in [-0.05, 0) is 18.2 Å². The Bertz CT molecular complexity index is 455. The highest BCUT2D eigenvalue weighted by Crippen LogP contribution is 2.21. The monoisotopic (exact) mass is 255 g/mol. The minimum absolute atomic E-state index is 0.0128. The van der Waals surface area contributed by atoms with Gasteiger partial charge < -0.3 is 19.8 Å². The number of carbonyl (C=O) groups is 1. The van der Waals surface area contributed by atoms with Crippen molar-refractivity contribution >= 4 is 5.91 Å². The summed E-state index contributed by atoms with van der Waals surface area (Å²) >= 11 is 0. The Kier molecular flexibility index (Phi) is 3.49. The fourth-order valence-corrected chi connectivity index (χ4v) is 1.91. The summed E-state index contributed by atoms with van der Waals surface area (Å²) in [7, 11) is 1.32. The van der Waals surface area contributed by atoms with Gasteiger partial charge in [-0.1, -0.05) is 0 Å². The molecule has 1 fully saturated rings. The first-order chi connectivity index (χ1) is 8.52. The van der Waals surface area contributed by atoms with Crippen LogP contribution in [0, 0.1) is 5.82 Å². The Balaban J connectivity index is 2.19. The van der Waals surface area contributed by atoms with E-state index in [9.17, 15) is 19.4 Å². The number of hydrogen-bond acceptors (Lipinski definition) is 4. The van der Waals surface area contributed by atoms with Crippen molar-refractivity contribution < 1.29 is 24.1 Å². The average Bonchev–Trinajstić information content (AvgIpc) is 2.69. The number of nitrogens with zero attached hydrogens (tertiary/aromatic N) is 1. The van der Waals surface area contributed by atoms with Crippen molar-refractivity contribution in [2.75, 3.05) is 20.2 Å². The van der Waals surface area contributed by atoms with E-state index in [1.165, 1.54) is 24.1 Å². The maximum atomic E-state index is 13.2. The molecule has 0 aromatic heterocycles. The summed E-state index contributed by atoms with van der Waals surface area (Å²) in [4.78, 5) is 13.4. The SMILES string of the molecule is COc1cc(C(=O)N2CC(O)C(O)C2)ccc1F. The van der Waals surface area contributed by atoms with Crippen LogP contribution in [-0.2, 0) is 0 Å². The van der Waals surface area contributed by atoms with Gasteiger partial charge in [0.15, 0.2) is 11.6 Å². The summed E-state index contributed by atoms with van der Waals surface area (Å²) in [6, 6.07) is 3.79. The molecule has 1 aliphatic rings. The molecule has 6 heteroatoms. The van der Waals surface area contributed by atoms with Gasteiger partial charge >= 0.3 is 0 Å². The second kappa shape index (κ2) is 4.91. The number of benzene rings is 1. The molecule has 18 heavy (non-hydrogen) atoms. The molecular weight excluding hydrogens is 241 g/mol. The molecule has 1 aromatic carbocycles. The number of amides is 1. The zero-order valence-corrected chi connectivity index (χ0v) is 9.84. The normalized spacial score (nSPS) is 23.2.